The van der Waals surface area contributed by atoms with Crippen LogP contribution in [-0.2, 0) is 0 Å². The van der Waals surface area contributed by atoms with Crippen LogP contribution < -0.4 is 0 Å². The highest BCUT2D eigenvalue weighted by Gasteiger charge is 2.35. The van der Waals surface area contributed by atoms with Gasteiger partial charge in [-0.05, 0) is 37.6 Å². The molecule has 2 aromatic heterocycles. The lowest BCUT2D eigenvalue weighted by Gasteiger charge is -2.04. The SMILES string of the molecule is Cc1cccc(-c2nn(-c3nc4ccc(C)cc4s3)c3c2C(=O)c2ccccc2-3)c1. The van der Waals surface area contributed by atoms with Gasteiger partial charge in [0.2, 0.25) is 5.13 Å². The van der Waals surface area contributed by atoms with Crippen molar-refractivity contribution in [1.29, 1.82) is 0 Å². The fourth-order valence-corrected chi connectivity index (χ4v) is 5.17. The first-order valence-electron chi connectivity index (χ1n) is 9.82. The average Bonchev–Trinajstić information content (AvgIpc) is 3.41. The molecule has 0 saturated carbocycles. The van der Waals surface area contributed by atoms with Crippen molar-refractivity contribution in [3.05, 3.63) is 89.0 Å². The minimum absolute atomic E-state index is 0.0281. The number of nitrogens with zero attached hydrogens (tertiary/aromatic N) is 3. The number of thiazole rings is 1. The number of benzene rings is 3. The van der Waals surface area contributed by atoms with E-state index in [4.69, 9.17) is 10.1 Å². The van der Waals surface area contributed by atoms with Crippen LogP contribution in [0.1, 0.15) is 27.0 Å². The van der Waals surface area contributed by atoms with Gasteiger partial charge in [0.1, 0.15) is 5.69 Å². The number of carbonyl (C=O) groups is 1. The number of rotatable bonds is 2. The molecular formula is C25H17N3OS. The number of aromatic nitrogens is 3. The third kappa shape index (κ3) is 2.42. The minimum atomic E-state index is 0.0281. The zero-order valence-corrected chi connectivity index (χ0v) is 17.3. The molecule has 0 fully saturated rings. The molecule has 1 aliphatic rings. The van der Waals surface area contributed by atoms with E-state index in [1.54, 1.807) is 11.3 Å². The minimum Gasteiger partial charge on any atom is -0.288 e. The van der Waals surface area contributed by atoms with Gasteiger partial charge >= 0.3 is 0 Å². The molecule has 0 bridgehead atoms. The smallest absolute Gasteiger partial charge is 0.212 e. The highest BCUT2D eigenvalue weighted by Crippen LogP contribution is 2.43. The maximum atomic E-state index is 13.4. The predicted molar refractivity (Wildman–Crippen MR) is 121 cm³/mol. The summed E-state index contributed by atoms with van der Waals surface area (Å²) >= 11 is 1.60. The second kappa shape index (κ2) is 6.21. The normalized spacial score (nSPS) is 12.4. The number of hydrogen-bond acceptors (Lipinski definition) is 4. The molecule has 1 aliphatic carbocycles. The molecule has 5 aromatic rings. The van der Waals surface area contributed by atoms with Gasteiger partial charge in [-0.25, -0.2) is 9.67 Å². The largest absolute Gasteiger partial charge is 0.288 e. The molecule has 0 amide bonds. The fraction of sp³-hybridized carbons (Fsp3) is 0.0800. The Morgan fingerprint density at radius 3 is 2.50 bits per heavy atom. The summed E-state index contributed by atoms with van der Waals surface area (Å²) in [5.41, 5.74) is 8.08. The molecule has 144 valence electrons. The number of hydrogen-bond donors (Lipinski definition) is 0. The van der Waals surface area contributed by atoms with Gasteiger partial charge in [-0.3, -0.25) is 4.79 Å². The van der Waals surface area contributed by atoms with E-state index < -0.39 is 0 Å². The van der Waals surface area contributed by atoms with Crippen LogP contribution in [0.4, 0.5) is 0 Å². The molecule has 0 atom stereocenters. The molecule has 0 unspecified atom stereocenters. The van der Waals surface area contributed by atoms with Crippen molar-refractivity contribution in [3.8, 4) is 27.6 Å². The molecule has 0 saturated heterocycles. The Morgan fingerprint density at radius 2 is 1.67 bits per heavy atom. The second-order valence-electron chi connectivity index (χ2n) is 7.70. The zero-order chi connectivity index (χ0) is 20.4. The third-order valence-corrected chi connectivity index (χ3v) is 6.54. The quantitative estimate of drug-likeness (QED) is 0.355. The molecule has 0 spiro atoms. The lowest BCUT2D eigenvalue weighted by atomic mass is 10.0. The standard InChI is InChI=1S/C25H17N3OS/c1-14-6-5-7-16(12-14)22-21-23(17-8-3-4-9-18(17)24(21)29)28(27-22)25-26-19-11-10-15(2)13-20(19)30-25/h3-13H,1-2H3. The topological polar surface area (TPSA) is 47.8 Å². The number of fused-ring (bicyclic) bond motifs is 4. The van der Waals surface area contributed by atoms with Crippen molar-refractivity contribution in [1.82, 2.24) is 14.8 Å². The molecular weight excluding hydrogens is 390 g/mol. The van der Waals surface area contributed by atoms with Gasteiger partial charge in [-0.15, -0.1) is 0 Å². The maximum Gasteiger partial charge on any atom is 0.212 e. The van der Waals surface area contributed by atoms with Crippen molar-refractivity contribution in [2.75, 3.05) is 0 Å². The number of aryl methyl sites for hydroxylation is 2. The summed E-state index contributed by atoms with van der Waals surface area (Å²) in [6.07, 6.45) is 0. The van der Waals surface area contributed by atoms with Crippen LogP contribution in [-0.4, -0.2) is 20.5 Å². The number of carbonyl (C=O) groups excluding carboxylic acids is 1. The highest BCUT2D eigenvalue weighted by atomic mass is 32.1. The van der Waals surface area contributed by atoms with E-state index in [9.17, 15) is 4.79 Å². The van der Waals surface area contributed by atoms with Crippen molar-refractivity contribution in [3.63, 3.8) is 0 Å². The monoisotopic (exact) mass is 407 g/mol. The summed E-state index contributed by atoms with van der Waals surface area (Å²) in [6.45, 7) is 4.13. The van der Waals surface area contributed by atoms with Gasteiger partial charge in [0.15, 0.2) is 5.78 Å². The molecule has 5 heteroatoms. The molecule has 6 rings (SSSR count). The summed E-state index contributed by atoms with van der Waals surface area (Å²) in [5.74, 6) is 0.0281. The molecule has 2 heterocycles. The first-order valence-corrected chi connectivity index (χ1v) is 10.6. The van der Waals surface area contributed by atoms with Gasteiger partial charge < -0.3 is 0 Å². The van der Waals surface area contributed by atoms with Crippen molar-refractivity contribution in [2.24, 2.45) is 0 Å². The molecule has 0 aliphatic heterocycles. The van der Waals surface area contributed by atoms with Crippen molar-refractivity contribution < 1.29 is 4.79 Å². The van der Waals surface area contributed by atoms with Crippen LogP contribution in [0.15, 0.2) is 66.7 Å². The lowest BCUT2D eigenvalue weighted by Crippen LogP contribution is -2.00. The van der Waals surface area contributed by atoms with Crippen LogP contribution in [0.5, 0.6) is 0 Å². The maximum absolute atomic E-state index is 13.4. The van der Waals surface area contributed by atoms with E-state index >= 15 is 0 Å². The average molecular weight is 407 g/mol. The molecule has 30 heavy (non-hydrogen) atoms. The second-order valence-corrected chi connectivity index (χ2v) is 8.70. The summed E-state index contributed by atoms with van der Waals surface area (Å²) in [5, 5.41) is 5.70. The van der Waals surface area contributed by atoms with Crippen LogP contribution in [0.25, 0.3) is 37.9 Å². The molecule has 0 N–H and O–H groups in total. The van der Waals surface area contributed by atoms with E-state index in [1.165, 1.54) is 5.56 Å². The molecule has 3 aromatic carbocycles. The Bertz CT molecular complexity index is 1490. The molecule has 4 nitrogen and oxygen atoms in total. The van der Waals surface area contributed by atoms with E-state index in [-0.39, 0.29) is 5.78 Å². The van der Waals surface area contributed by atoms with E-state index in [1.807, 2.05) is 60.1 Å². The lowest BCUT2D eigenvalue weighted by molar-refractivity contribution is 0.104. The van der Waals surface area contributed by atoms with Crippen molar-refractivity contribution in [2.45, 2.75) is 13.8 Å². The summed E-state index contributed by atoms with van der Waals surface area (Å²) in [6, 6.07) is 22.1. The Labute approximate surface area is 177 Å². The number of ketones is 1. The molecule has 0 radical (unpaired) electrons. The van der Waals surface area contributed by atoms with Gasteiger partial charge in [0.25, 0.3) is 0 Å². The first kappa shape index (κ1) is 17.3. The van der Waals surface area contributed by atoms with Gasteiger partial charge in [-0.1, -0.05) is 65.4 Å². The van der Waals surface area contributed by atoms with Crippen LogP contribution in [0.3, 0.4) is 0 Å². The van der Waals surface area contributed by atoms with E-state index in [0.717, 1.165) is 43.3 Å². The van der Waals surface area contributed by atoms with Crippen LogP contribution in [0.2, 0.25) is 0 Å². The zero-order valence-electron chi connectivity index (χ0n) is 16.5. The van der Waals surface area contributed by atoms with Crippen LogP contribution >= 0.6 is 11.3 Å². The van der Waals surface area contributed by atoms with Gasteiger partial charge in [0.05, 0.1) is 21.5 Å². The summed E-state index contributed by atoms with van der Waals surface area (Å²) in [4.78, 5) is 18.2. The van der Waals surface area contributed by atoms with Crippen LogP contribution in [0, 0.1) is 13.8 Å². The van der Waals surface area contributed by atoms with Crippen molar-refractivity contribution >= 4 is 27.3 Å². The van der Waals surface area contributed by atoms with Gasteiger partial charge in [-0.2, -0.15) is 5.10 Å². The fourth-order valence-electron chi connectivity index (χ4n) is 4.15. The first-order chi connectivity index (χ1) is 14.6. The van der Waals surface area contributed by atoms with E-state index in [2.05, 4.69) is 25.1 Å². The summed E-state index contributed by atoms with van der Waals surface area (Å²) in [7, 11) is 0. The third-order valence-electron chi connectivity index (χ3n) is 5.54. The Balaban J connectivity index is 1.67. The Hall–Kier alpha value is -3.57. The van der Waals surface area contributed by atoms with E-state index in [0.29, 0.717) is 11.3 Å². The Morgan fingerprint density at radius 1 is 0.867 bits per heavy atom. The van der Waals surface area contributed by atoms with Gasteiger partial charge in [0, 0.05) is 16.7 Å². The Kier molecular flexibility index (Phi) is 3.58. The highest BCUT2D eigenvalue weighted by molar-refractivity contribution is 7.20. The summed E-state index contributed by atoms with van der Waals surface area (Å²) < 4.78 is 2.97. The predicted octanol–water partition coefficient (Wildman–Crippen LogP) is 5.98.